The van der Waals surface area contributed by atoms with E-state index in [-0.39, 0.29) is 11.7 Å². The molecule has 0 bridgehead atoms. The Labute approximate surface area is 130 Å². The molecule has 0 saturated carbocycles. The predicted octanol–water partition coefficient (Wildman–Crippen LogP) is 2.93. The number of rotatable bonds is 5. The Hall–Kier alpha value is -1.49. The number of hydrogen-bond donors (Lipinski definition) is 1. The molecule has 21 heavy (non-hydrogen) atoms. The largest absolute Gasteiger partial charge is 0.458 e. The van der Waals surface area contributed by atoms with Crippen molar-refractivity contribution in [3.8, 4) is 0 Å². The van der Waals surface area contributed by atoms with E-state index in [9.17, 15) is 9.59 Å². The zero-order valence-electron chi connectivity index (χ0n) is 13.2. The van der Waals surface area contributed by atoms with Gasteiger partial charge in [-0.05, 0) is 46.8 Å². The van der Waals surface area contributed by atoms with Crippen LogP contribution >= 0.6 is 11.8 Å². The predicted molar refractivity (Wildman–Crippen MR) is 85.4 cm³/mol. The van der Waals surface area contributed by atoms with Crippen molar-refractivity contribution in [1.29, 1.82) is 0 Å². The Kier molecular flexibility index (Phi) is 6.27. The molecule has 0 spiro atoms. The molecule has 5 heteroatoms. The Morgan fingerprint density at radius 2 is 1.81 bits per heavy atom. The summed E-state index contributed by atoms with van der Waals surface area (Å²) in [5, 5.41) is 2.65. The van der Waals surface area contributed by atoms with Gasteiger partial charge in [0.15, 0.2) is 0 Å². The molecule has 1 atom stereocenters. The van der Waals surface area contributed by atoms with Crippen molar-refractivity contribution < 1.29 is 14.3 Å². The number of carbonyl (C=O) groups is 2. The van der Waals surface area contributed by atoms with Crippen LogP contribution in [0.5, 0.6) is 0 Å². The zero-order valence-corrected chi connectivity index (χ0v) is 14.0. The molecule has 0 fully saturated rings. The fourth-order valence-electron chi connectivity index (χ4n) is 1.52. The molecule has 0 aliphatic rings. The maximum Gasteiger partial charge on any atom is 0.328 e. The lowest BCUT2D eigenvalue weighted by Crippen LogP contribution is -2.42. The average Bonchev–Trinajstić information content (AvgIpc) is 2.36. The highest BCUT2D eigenvalue weighted by Crippen LogP contribution is 2.17. The van der Waals surface area contributed by atoms with E-state index < -0.39 is 17.6 Å². The van der Waals surface area contributed by atoms with Crippen LogP contribution in [-0.4, -0.2) is 29.3 Å². The van der Waals surface area contributed by atoms with E-state index in [1.54, 1.807) is 27.7 Å². The van der Waals surface area contributed by atoms with Crippen LogP contribution in [0.1, 0.15) is 33.3 Å². The molecule has 1 aromatic carbocycles. The third-order valence-corrected chi connectivity index (χ3v) is 3.54. The summed E-state index contributed by atoms with van der Waals surface area (Å²) < 4.78 is 5.22. The van der Waals surface area contributed by atoms with Crippen LogP contribution in [0.4, 0.5) is 0 Å². The quantitative estimate of drug-likeness (QED) is 0.671. The van der Waals surface area contributed by atoms with Gasteiger partial charge in [0.25, 0.3) is 0 Å². The smallest absolute Gasteiger partial charge is 0.328 e. The number of aryl methyl sites for hydroxylation is 1. The minimum absolute atomic E-state index is 0.182. The first kappa shape index (κ1) is 17.6. The molecule has 4 nitrogen and oxygen atoms in total. The normalized spacial score (nSPS) is 12.6. The van der Waals surface area contributed by atoms with Crippen LogP contribution in [0.25, 0.3) is 0 Å². The molecule has 0 saturated heterocycles. The van der Waals surface area contributed by atoms with E-state index >= 15 is 0 Å². The van der Waals surface area contributed by atoms with Gasteiger partial charge in [0.2, 0.25) is 5.91 Å². The van der Waals surface area contributed by atoms with Gasteiger partial charge >= 0.3 is 5.97 Å². The third-order valence-electron chi connectivity index (χ3n) is 2.53. The van der Waals surface area contributed by atoms with Gasteiger partial charge in [-0.3, -0.25) is 4.79 Å². The Morgan fingerprint density at radius 3 is 2.33 bits per heavy atom. The highest BCUT2D eigenvalue weighted by atomic mass is 32.2. The van der Waals surface area contributed by atoms with Crippen LogP contribution < -0.4 is 5.32 Å². The van der Waals surface area contributed by atoms with Crippen molar-refractivity contribution in [2.24, 2.45) is 0 Å². The van der Waals surface area contributed by atoms with Crippen molar-refractivity contribution in [2.45, 2.75) is 51.2 Å². The van der Waals surface area contributed by atoms with Crippen LogP contribution in [-0.2, 0) is 14.3 Å². The van der Waals surface area contributed by atoms with Crippen LogP contribution in [0.3, 0.4) is 0 Å². The van der Waals surface area contributed by atoms with E-state index in [1.807, 2.05) is 31.2 Å². The number of benzene rings is 1. The van der Waals surface area contributed by atoms with Gasteiger partial charge in [-0.15, -0.1) is 11.8 Å². The molecule has 116 valence electrons. The van der Waals surface area contributed by atoms with Crippen molar-refractivity contribution in [2.75, 3.05) is 5.75 Å². The second-order valence-electron chi connectivity index (χ2n) is 5.92. The van der Waals surface area contributed by atoms with E-state index in [0.29, 0.717) is 0 Å². The van der Waals surface area contributed by atoms with Gasteiger partial charge in [-0.25, -0.2) is 4.79 Å². The summed E-state index contributed by atoms with van der Waals surface area (Å²) >= 11 is 1.44. The van der Waals surface area contributed by atoms with Gasteiger partial charge in [0.1, 0.15) is 11.6 Å². The molecule has 0 aliphatic carbocycles. The minimum Gasteiger partial charge on any atom is -0.458 e. The van der Waals surface area contributed by atoms with Crippen LogP contribution in [0.15, 0.2) is 29.2 Å². The van der Waals surface area contributed by atoms with E-state index in [0.717, 1.165) is 4.90 Å². The first-order chi connectivity index (χ1) is 9.67. The molecule has 1 N–H and O–H groups in total. The Morgan fingerprint density at radius 1 is 1.24 bits per heavy atom. The SMILES string of the molecule is Cc1ccc(SCC(=O)N[C@H](C)C(=O)OC(C)(C)C)cc1. The number of carbonyl (C=O) groups excluding carboxylic acids is 2. The summed E-state index contributed by atoms with van der Waals surface area (Å²) in [6, 6.07) is 7.32. The molecular formula is C16H23NO3S. The van der Waals surface area contributed by atoms with Gasteiger partial charge in [-0.1, -0.05) is 17.7 Å². The summed E-state index contributed by atoms with van der Waals surface area (Å²) in [6.07, 6.45) is 0. The number of esters is 1. The average molecular weight is 309 g/mol. The summed E-state index contributed by atoms with van der Waals surface area (Å²) in [6.45, 7) is 9.04. The van der Waals surface area contributed by atoms with E-state index in [1.165, 1.54) is 17.3 Å². The second-order valence-corrected chi connectivity index (χ2v) is 6.97. The van der Waals surface area contributed by atoms with Gasteiger partial charge in [0, 0.05) is 4.90 Å². The lowest BCUT2D eigenvalue weighted by Gasteiger charge is -2.22. The van der Waals surface area contributed by atoms with Crippen molar-refractivity contribution >= 4 is 23.6 Å². The summed E-state index contributed by atoms with van der Waals surface area (Å²) in [4.78, 5) is 24.6. The highest BCUT2D eigenvalue weighted by molar-refractivity contribution is 8.00. The molecular weight excluding hydrogens is 286 g/mol. The number of nitrogens with one attached hydrogen (secondary N) is 1. The number of hydrogen-bond acceptors (Lipinski definition) is 4. The molecule has 0 aromatic heterocycles. The zero-order chi connectivity index (χ0) is 16.0. The Bertz CT molecular complexity index is 491. The molecule has 0 aliphatic heterocycles. The maximum atomic E-state index is 11.8. The lowest BCUT2D eigenvalue weighted by molar-refractivity contribution is -0.157. The molecule has 1 rings (SSSR count). The lowest BCUT2D eigenvalue weighted by atomic mass is 10.2. The standard InChI is InChI=1S/C16H23NO3S/c1-11-6-8-13(9-7-11)21-10-14(18)17-12(2)15(19)20-16(3,4)5/h6-9,12H,10H2,1-5H3,(H,17,18)/t12-/m1/s1. The first-order valence-electron chi connectivity index (χ1n) is 6.89. The summed E-state index contributed by atoms with van der Waals surface area (Å²) in [7, 11) is 0. The topological polar surface area (TPSA) is 55.4 Å². The van der Waals surface area contributed by atoms with Crippen LogP contribution in [0, 0.1) is 6.92 Å². The van der Waals surface area contributed by atoms with E-state index in [4.69, 9.17) is 4.74 Å². The highest BCUT2D eigenvalue weighted by Gasteiger charge is 2.22. The third kappa shape index (κ3) is 7.18. The fourth-order valence-corrected chi connectivity index (χ4v) is 2.23. The maximum absolute atomic E-state index is 11.8. The summed E-state index contributed by atoms with van der Waals surface area (Å²) in [5.41, 5.74) is 0.634. The number of amides is 1. The molecule has 1 aromatic rings. The Balaban J connectivity index is 2.39. The number of thioether (sulfide) groups is 1. The van der Waals surface area contributed by atoms with Crippen LogP contribution in [0.2, 0.25) is 0 Å². The number of ether oxygens (including phenoxy) is 1. The molecule has 0 radical (unpaired) electrons. The van der Waals surface area contributed by atoms with Gasteiger partial charge in [-0.2, -0.15) is 0 Å². The second kappa shape index (κ2) is 7.50. The monoisotopic (exact) mass is 309 g/mol. The molecule has 0 unspecified atom stereocenters. The molecule has 0 heterocycles. The van der Waals surface area contributed by atoms with Crippen molar-refractivity contribution in [3.63, 3.8) is 0 Å². The van der Waals surface area contributed by atoms with E-state index in [2.05, 4.69) is 5.32 Å². The van der Waals surface area contributed by atoms with Crippen molar-refractivity contribution in [3.05, 3.63) is 29.8 Å². The van der Waals surface area contributed by atoms with Gasteiger partial charge < -0.3 is 10.1 Å². The van der Waals surface area contributed by atoms with Crippen molar-refractivity contribution in [1.82, 2.24) is 5.32 Å². The first-order valence-corrected chi connectivity index (χ1v) is 7.87. The molecule has 1 amide bonds. The van der Waals surface area contributed by atoms with Gasteiger partial charge in [0.05, 0.1) is 5.75 Å². The summed E-state index contributed by atoms with van der Waals surface area (Å²) in [5.74, 6) is -0.328. The fraction of sp³-hybridized carbons (Fsp3) is 0.500. The minimum atomic E-state index is -0.643.